The fourth-order valence-electron chi connectivity index (χ4n) is 2.61. The Morgan fingerprint density at radius 1 is 0.741 bits per heavy atom. The Labute approximate surface area is 159 Å². The Hall–Kier alpha value is -2.70. The summed E-state index contributed by atoms with van der Waals surface area (Å²) in [7, 11) is 0. The highest BCUT2D eigenvalue weighted by Crippen LogP contribution is 2.16. The van der Waals surface area contributed by atoms with Gasteiger partial charge in [0.15, 0.2) is 0 Å². The average molecular weight is 370 g/mol. The van der Waals surface area contributed by atoms with Crippen LogP contribution < -0.4 is 10.6 Å². The van der Waals surface area contributed by atoms with E-state index in [0.29, 0.717) is 11.4 Å². The van der Waals surface area contributed by atoms with Crippen molar-refractivity contribution in [3.05, 3.63) is 59.7 Å². The molecular formula is C21H26N2O4. The van der Waals surface area contributed by atoms with Crippen LogP contribution in [0.3, 0.4) is 0 Å². The molecule has 2 rings (SSSR count). The van der Waals surface area contributed by atoms with E-state index < -0.39 is 12.2 Å². The molecule has 4 N–H and O–H groups in total. The molecule has 2 aromatic carbocycles. The minimum atomic E-state index is -0.663. The summed E-state index contributed by atoms with van der Waals surface area (Å²) in [5, 5.41) is 23.9. The molecule has 2 atom stereocenters. The molecule has 0 aliphatic carbocycles. The van der Waals surface area contributed by atoms with Crippen molar-refractivity contribution >= 4 is 23.2 Å². The minimum absolute atomic E-state index is 0.0713. The monoisotopic (exact) mass is 370 g/mol. The number of nitrogens with one attached hydrogen (secondary N) is 2. The van der Waals surface area contributed by atoms with Crippen LogP contribution in [0.5, 0.6) is 0 Å². The molecule has 0 saturated heterocycles. The van der Waals surface area contributed by atoms with Gasteiger partial charge in [0.1, 0.15) is 0 Å². The quantitative estimate of drug-likeness (QED) is 0.574. The molecular weight excluding hydrogens is 344 g/mol. The first-order chi connectivity index (χ1) is 12.8. The first-order valence-electron chi connectivity index (χ1n) is 8.95. The highest BCUT2D eigenvalue weighted by molar-refractivity contribution is 5.91. The van der Waals surface area contributed by atoms with E-state index in [4.69, 9.17) is 0 Å². The second-order valence-corrected chi connectivity index (χ2v) is 6.77. The van der Waals surface area contributed by atoms with Gasteiger partial charge in [0.05, 0.1) is 25.0 Å². The second kappa shape index (κ2) is 9.85. The summed E-state index contributed by atoms with van der Waals surface area (Å²) < 4.78 is 0. The van der Waals surface area contributed by atoms with Gasteiger partial charge in [-0.1, -0.05) is 24.3 Å². The number of anilines is 2. The van der Waals surface area contributed by atoms with Crippen molar-refractivity contribution in [3.8, 4) is 0 Å². The lowest BCUT2D eigenvalue weighted by Crippen LogP contribution is -2.17. The Bertz CT molecular complexity index is 687. The summed E-state index contributed by atoms with van der Waals surface area (Å²) in [6, 6.07) is 15.1. The van der Waals surface area contributed by atoms with Gasteiger partial charge in [0.2, 0.25) is 11.8 Å². The zero-order valence-corrected chi connectivity index (χ0v) is 15.6. The lowest BCUT2D eigenvalue weighted by molar-refractivity contribution is -0.118. The topological polar surface area (TPSA) is 98.7 Å². The van der Waals surface area contributed by atoms with Crippen molar-refractivity contribution in [2.24, 2.45) is 0 Å². The molecule has 0 radical (unpaired) electrons. The van der Waals surface area contributed by atoms with Crippen LogP contribution in [0.25, 0.3) is 0 Å². The van der Waals surface area contributed by atoms with Gasteiger partial charge in [-0.25, -0.2) is 0 Å². The van der Waals surface area contributed by atoms with Crippen LogP contribution in [0.15, 0.2) is 48.5 Å². The molecule has 6 nitrogen and oxygen atoms in total. The fraction of sp³-hybridized carbons (Fsp3) is 0.333. The number of amides is 2. The molecule has 0 heterocycles. The van der Waals surface area contributed by atoms with E-state index in [1.807, 2.05) is 48.5 Å². The number of carbonyl (C=O) groups excluding carboxylic acids is 2. The van der Waals surface area contributed by atoms with Crippen LogP contribution in [0, 0.1) is 0 Å². The summed E-state index contributed by atoms with van der Waals surface area (Å²) >= 11 is 0. The number of hydrogen-bond acceptors (Lipinski definition) is 4. The van der Waals surface area contributed by atoms with E-state index >= 15 is 0 Å². The Morgan fingerprint density at radius 2 is 1.07 bits per heavy atom. The molecule has 0 aliphatic rings. The van der Waals surface area contributed by atoms with Gasteiger partial charge < -0.3 is 20.8 Å². The zero-order valence-electron chi connectivity index (χ0n) is 15.6. The summed E-state index contributed by atoms with van der Waals surface area (Å²) in [4.78, 5) is 23.3. The Kier molecular flexibility index (Phi) is 7.52. The van der Waals surface area contributed by atoms with Crippen molar-refractivity contribution < 1.29 is 19.8 Å². The van der Waals surface area contributed by atoms with Gasteiger partial charge in [-0.3, -0.25) is 9.59 Å². The zero-order chi connectivity index (χ0) is 19.8. The van der Waals surface area contributed by atoms with Crippen molar-refractivity contribution in [2.75, 3.05) is 10.6 Å². The summed E-state index contributed by atoms with van der Waals surface area (Å²) in [5.41, 5.74) is 3.57. The lowest BCUT2D eigenvalue weighted by Gasteiger charge is -2.09. The maximum Gasteiger partial charge on any atom is 0.226 e. The molecule has 0 fully saturated rings. The van der Waals surface area contributed by atoms with Crippen LogP contribution >= 0.6 is 0 Å². The Morgan fingerprint density at radius 3 is 1.37 bits per heavy atom. The smallest absolute Gasteiger partial charge is 0.226 e. The molecule has 6 heteroatoms. The van der Waals surface area contributed by atoms with Crippen LogP contribution in [-0.4, -0.2) is 34.2 Å². The normalized spacial score (nSPS) is 12.9. The number of rotatable bonds is 8. The van der Waals surface area contributed by atoms with Crippen molar-refractivity contribution in [2.45, 2.75) is 45.3 Å². The molecule has 0 aliphatic heterocycles. The van der Waals surface area contributed by atoms with Gasteiger partial charge in [-0.05, 0) is 55.7 Å². The second-order valence-electron chi connectivity index (χ2n) is 6.77. The molecule has 2 amide bonds. The van der Waals surface area contributed by atoms with Gasteiger partial charge in [-0.15, -0.1) is 0 Å². The lowest BCUT2D eigenvalue weighted by atomic mass is 10.0. The molecule has 2 unspecified atom stereocenters. The minimum Gasteiger partial charge on any atom is -0.393 e. The molecule has 144 valence electrons. The van der Waals surface area contributed by atoms with E-state index in [0.717, 1.165) is 17.5 Å². The SMILES string of the molecule is CC(O)CC(=O)Nc1ccc(Cc2ccc(NC(=O)CC(C)O)cc2)cc1. The standard InChI is InChI=1S/C21H26N2O4/c1-14(24)11-20(26)22-18-7-3-16(4-8-18)13-17-5-9-19(10-6-17)23-21(27)12-15(2)25/h3-10,14-15,24-25H,11-13H2,1-2H3,(H,22,26)(H,23,27). The number of aliphatic hydroxyl groups is 2. The molecule has 0 bridgehead atoms. The number of hydrogen-bond donors (Lipinski definition) is 4. The molecule has 27 heavy (non-hydrogen) atoms. The Balaban J connectivity index is 1.89. The highest BCUT2D eigenvalue weighted by atomic mass is 16.3. The molecule has 0 spiro atoms. The van der Waals surface area contributed by atoms with E-state index in [-0.39, 0.29) is 24.7 Å². The molecule has 2 aromatic rings. The van der Waals surface area contributed by atoms with Crippen molar-refractivity contribution in [1.29, 1.82) is 0 Å². The van der Waals surface area contributed by atoms with E-state index in [1.54, 1.807) is 13.8 Å². The number of aliphatic hydroxyl groups excluding tert-OH is 2. The maximum absolute atomic E-state index is 11.7. The third kappa shape index (κ3) is 7.60. The van der Waals surface area contributed by atoms with Gasteiger partial charge in [0, 0.05) is 11.4 Å². The molecule has 0 aromatic heterocycles. The highest BCUT2D eigenvalue weighted by Gasteiger charge is 2.07. The summed E-state index contributed by atoms with van der Waals surface area (Å²) in [5.74, 6) is -0.433. The number of carbonyl (C=O) groups is 2. The van der Waals surface area contributed by atoms with Crippen LogP contribution in [-0.2, 0) is 16.0 Å². The van der Waals surface area contributed by atoms with Crippen LogP contribution in [0.2, 0.25) is 0 Å². The third-order valence-corrected chi connectivity index (χ3v) is 3.85. The fourth-order valence-corrected chi connectivity index (χ4v) is 2.61. The predicted molar refractivity (Wildman–Crippen MR) is 106 cm³/mol. The predicted octanol–water partition coefficient (Wildman–Crippen LogP) is 2.70. The summed E-state index contributed by atoms with van der Waals surface area (Å²) in [6.07, 6.45) is -0.457. The molecule has 0 saturated carbocycles. The summed E-state index contributed by atoms with van der Waals surface area (Å²) in [6.45, 7) is 3.15. The number of benzene rings is 2. The van der Waals surface area contributed by atoms with Crippen LogP contribution in [0.1, 0.15) is 37.8 Å². The average Bonchev–Trinajstić information content (AvgIpc) is 2.57. The largest absolute Gasteiger partial charge is 0.393 e. The first-order valence-corrected chi connectivity index (χ1v) is 8.95. The van der Waals surface area contributed by atoms with Crippen LogP contribution in [0.4, 0.5) is 11.4 Å². The van der Waals surface area contributed by atoms with E-state index in [1.165, 1.54) is 0 Å². The van der Waals surface area contributed by atoms with Crippen molar-refractivity contribution in [3.63, 3.8) is 0 Å². The first kappa shape index (κ1) is 20.6. The maximum atomic E-state index is 11.7. The van der Waals surface area contributed by atoms with Gasteiger partial charge >= 0.3 is 0 Å². The van der Waals surface area contributed by atoms with Gasteiger partial charge in [0.25, 0.3) is 0 Å². The van der Waals surface area contributed by atoms with Crippen molar-refractivity contribution in [1.82, 2.24) is 0 Å². The van der Waals surface area contributed by atoms with Gasteiger partial charge in [-0.2, -0.15) is 0 Å². The third-order valence-electron chi connectivity index (χ3n) is 3.85. The van der Waals surface area contributed by atoms with E-state index in [2.05, 4.69) is 10.6 Å². The van der Waals surface area contributed by atoms with E-state index in [9.17, 15) is 19.8 Å².